The van der Waals surface area contributed by atoms with Gasteiger partial charge in [0.2, 0.25) is 0 Å². The van der Waals surface area contributed by atoms with E-state index < -0.39 is 0 Å². The molecule has 0 saturated heterocycles. The van der Waals surface area contributed by atoms with Crippen LogP contribution in [0.15, 0.2) is 43.0 Å². The van der Waals surface area contributed by atoms with Gasteiger partial charge in [0.15, 0.2) is 0 Å². The summed E-state index contributed by atoms with van der Waals surface area (Å²) in [5.74, 6) is 1.22. The summed E-state index contributed by atoms with van der Waals surface area (Å²) in [7, 11) is 0. The van der Waals surface area contributed by atoms with Crippen LogP contribution < -0.4 is 5.32 Å². The number of benzene rings is 1. The molecule has 3 heterocycles. The minimum Gasteiger partial charge on any atom is -0.324 e. The molecule has 0 saturated carbocycles. The summed E-state index contributed by atoms with van der Waals surface area (Å²) < 4.78 is 1.58. The van der Waals surface area contributed by atoms with Gasteiger partial charge >= 0.3 is 0 Å². The summed E-state index contributed by atoms with van der Waals surface area (Å²) in [6, 6.07) is 8.73. The highest BCUT2D eigenvalue weighted by Gasteiger charge is 2.15. The van der Waals surface area contributed by atoms with Crippen molar-refractivity contribution < 1.29 is 0 Å². The van der Waals surface area contributed by atoms with E-state index in [2.05, 4.69) is 25.4 Å². The number of anilines is 2. The second-order valence-corrected chi connectivity index (χ2v) is 6.55. The Labute approximate surface area is 164 Å². The lowest BCUT2D eigenvalue weighted by Gasteiger charge is -2.07. The van der Waals surface area contributed by atoms with Crippen molar-refractivity contribution in [1.82, 2.24) is 24.7 Å². The van der Waals surface area contributed by atoms with Crippen LogP contribution in [0.1, 0.15) is 11.3 Å². The van der Waals surface area contributed by atoms with E-state index in [1.165, 1.54) is 6.33 Å². The summed E-state index contributed by atoms with van der Waals surface area (Å²) in [6.45, 7) is 1.88. The van der Waals surface area contributed by atoms with E-state index in [0.29, 0.717) is 38.4 Å². The smallest absolute Gasteiger partial charge is 0.142 e. The molecule has 132 valence electrons. The molecule has 0 amide bonds. The maximum absolute atomic E-state index is 9.04. The molecule has 1 N–H and O–H groups in total. The molecule has 4 rings (SSSR count). The molecule has 27 heavy (non-hydrogen) atoms. The number of fused-ring (bicyclic) bond motifs is 1. The van der Waals surface area contributed by atoms with Gasteiger partial charge in [0.25, 0.3) is 0 Å². The first-order valence-corrected chi connectivity index (χ1v) is 8.60. The van der Waals surface area contributed by atoms with Crippen molar-refractivity contribution in [1.29, 1.82) is 5.26 Å². The van der Waals surface area contributed by atoms with Crippen molar-refractivity contribution in [3.8, 4) is 11.8 Å². The van der Waals surface area contributed by atoms with Gasteiger partial charge in [-0.15, -0.1) is 0 Å². The van der Waals surface area contributed by atoms with E-state index in [0.717, 1.165) is 11.1 Å². The van der Waals surface area contributed by atoms with Gasteiger partial charge in [0.1, 0.15) is 23.7 Å². The lowest BCUT2D eigenvalue weighted by Crippen LogP contribution is -1.98. The normalized spacial score (nSPS) is 10.7. The number of nitrogens with one attached hydrogen (secondary N) is 1. The second kappa shape index (κ2) is 6.83. The molecule has 0 spiro atoms. The third kappa shape index (κ3) is 3.28. The Bertz CT molecular complexity index is 1190. The Hall–Kier alpha value is -3.21. The fourth-order valence-electron chi connectivity index (χ4n) is 2.65. The first-order valence-electron chi connectivity index (χ1n) is 7.85. The molecular formula is C18H11Cl2N7. The molecule has 0 atom stereocenters. The van der Waals surface area contributed by atoms with Gasteiger partial charge in [-0.2, -0.15) is 10.4 Å². The number of rotatable bonds is 3. The first-order chi connectivity index (χ1) is 13.0. The van der Waals surface area contributed by atoms with E-state index in [1.807, 2.05) is 19.1 Å². The minimum absolute atomic E-state index is 0.334. The lowest BCUT2D eigenvalue weighted by molar-refractivity contribution is 0.896. The summed E-state index contributed by atoms with van der Waals surface area (Å²) in [5.41, 5.74) is 2.42. The predicted molar refractivity (Wildman–Crippen MR) is 104 cm³/mol. The number of nitriles is 1. The lowest BCUT2D eigenvalue weighted by atomic mass is 10.2. The number of hydrogen-bond donors (Lipinski definition) is 1. The molecule has 0 fully saturated rings. The van der Waals surface area contributed by atoms with Crippen molar-refractivity contribution in [2.24, 2.45) is 0 Å². The number of aromatic nitrogens is 5. The largest absolute Gasteiger partial charge is 0.324 e. The van der Waals surface area contributed by atoms with E-state index in [1.54, 1.807) is 35.3 Å². The van der Waals surface area contributed by atoms with Gasteiger partial charge < -0.3 is 5.32 Å². The quantitative estimate of drug-likeness (QED) is 0.550. The molecule has 4 aromatic rings. The van der Waals surface area contributed by atoms with Gasteiger partial charge in [-0.05, 0) is 25.1 Å². The third-order valence-electron chi connectivity index (χ3n) is 3.86. The average molecular weight is 396 g/mol. The molecule has 1 aromatic carbocycles. The van der Waals surface area contributed by atoms with Crippen LogP contribution in [0.3, 0.4) is 0 Å². The SMILES string of the molecule is Cc1cc(Nc2nccc3nn(-c4c(Cl)cc(C#N)cc4Cl)cc23)ncn1. The van der Waals surface area contributed by atoms with Crippen LogP contribution in [0.25, 0.3) is 16.6 Å². The summed E-state index contributed by atoms with van der Waals surface area (Å²) in [5, 5.41) is 18.2. The zero-order chi connectivity index (χ0) is 19.0. The summed E-state index contributed by atoms with van der Waals surface area (Å²) in [4.78, 5) is 12.6. The number of aryl methyl sites for hydroxylation is 1. The van der Waals surface area contributed by atoms with Crippen LogP contribution in [-0.4, -0.2) is 24.7 Å². The standard InChI is InChI=1S/C18H11Cl2N7/c1-10-4-16(24-9-23-10)25-18-12-8-27(26-15(12)2-3-22-18)17-13(19)5-11(7-21)6-14(17)20/h2-6,8-9H,1H3,(H,22,23,24,25). The van der Waals surface area contributed by atoms with Gasteiger partial charge in [-0.25, -0.2) is 19.6 Å². The van der Waals surface area contributed by atoms with Crippen molar-refractivity contribution in [2.75, 3.05) is 5.32 Å². The third-order valence-corrected chi connectivity index (χ3v) is 4.44. The van der Waals surface area contributed by atoms with Gasteiger partial charge in [0, 0.05) is 24.2 Å². The molecule has 9 heteroatoms. The molecule has 0 radical (unpaired) electrons. The number of halogens is 2. The zero-order valence-corrected chi connectivity index (χ0v) is 15.5. The fraction of sp³-hybridized carbons (Fsp3) is 0.0556. The van der Waals surface area contributed by atoms with E-state index in [-0.39, 0.29) is 0 Å². The molecule has 0 aliphatic carbocycles. The maximum atomic E-state index is 9.04. The number of hydrogen-bond acceptors (Lipinski definition) is 6. The Balaban J connectivity index is 1.81. The minimum atomic E-state index is 0.334. The molecule has 0 aliphatic rings. The fourth-order valence-corrected chi connectivity index (χ4v) is 3.31. The van der Waals surface area contributed by atoms with E-state index in [4.69, 9.17) is 28.5 Å². The van der Waals surface area contributed by atoms with Crippen LogP contribution in [0.5, 0.6) is 0 Å². The van der Waals surface area contributed by atoms with Crippen LogP contribution in [0.4, 0.5) is 11.6 Å². The van der Waals surface area contributed by atoms with Crippen molar-refractivity contribution in [2.45, 2.75) is 6.92 Å². The van der Waals surface area contributed by atoms with Crippen LogP contribution in [0.2, 0.25) is 10.0 Å². The average Bonchev–Trinajstić information content (AvgIpc) is 3.05. The maximum Gasteiger partial charge on any atom is 0.142 e. The first kappa shape index (κ1) is 17.2. The number of pyridine rings is 1. The molecule has 7 nitrogen and oxygen atoms in total. The van der Waals surface area contributed by atoms with Crippen molar-refractivity contribution in [3.63, 3.8) is 0 Å². The van der Waals surface area contributed by atoms with E-state index in [9.17, 15) is 0 Å². The molecule has 0 unspecified atom stereocenters. The Kier molecular flexibility index (Phi) is 4.36. The monoisotopic (exact) mass is 395 g/mol. The van der Waals surface area contributed by atoms with Crippen LogP contribution in [0, 0.1) is 18.3 Å². The second-order valence-electron chi connectivity index (χ2n) is 5.74. The Morgan fingerprint density at radius 1 is 1.11 bits per heavy atom. The molecular weight excluding hydrogens is 385 g/mol. The zero-order valence-electron chi connectivity index (χ0n) is 14.0. The summed E-state index contributed by atoms with van der Waals surface area (Å²) in [6.07, 6.45) is 4.91. The molecule has 0 aliphatic heterocycles. The molecule has 0 bridgehead atoms. The van der Waals surface area contributed by atoms with Gasteiger partial charge in [-0.1, -0.05) is 23.2 Å². The van der Waals surface area contributed by atoms with Crippen molar-refractivity contribution >= 4 is 45.7 Å². The van der Waals surface area contributed by atoms with Crippen LogP contribution in [-0.2, 0) is 0 Å². The Morgan fingerprint density at radius 2 is 1.89 bits per heavy atom. The van der Waals surface area contributed by atoms with Crippen LogP contribution >= 0.6 is 23.2 Å². The molecule has 3 aromatic heterocycles. The number of nitrogens with zero attached hydrogens (tertiary/aromatic N) is 6. The predicted octanol–water partition coefficient (Wildman–Crippen LogP) is 4.44. The van der Waals surface area contributed by atoms with Crippen molar-refractivity contribution in [3.05, 3.63) is 64.3 Å². The van der Waals surface area contributed by atoms with E-state index >= 15 is 0 Å². The summed E-state index contributed by atoms with van der Waals surface area (Å²) >= 11 is 12.6. The van der Waals surface area contributed by atoms with Gasteiger partial charge in [-0.3, -0.25) is 0 Å². The topological polar surface area (TPSA) is 92.3 Å². The van der Waals surface area contributed by atoms with Gasteiger partial charge in [0.05, 0.1) is 32.6 Å². The Morgan fingerprint density at radius 3 is 2.59 bits per heavy atom. The highest BCUT2D eigenvalue weighted by Crippen LogP contribution is 2.32. The highest BCUT2D eigenvalue weighted by atomic mass is 35.5. The highest BCUT2D eigenvalue weighted by molar-refractivity contribution is 6.38.